The van der Waals surface area contributed by atoms with Gasteiger partial charge >= 0.3 is 0 Å². The van der Waals surface area contributed by atoms with E-state index in [0.29, 0.717) is 5.11 Å². The van der Waals surface area contributed by atoms with Crippen molar-refractivity contribution < 1.29 is 0 Å². The zero-order valence-electron chi connectivity index (χ0n) is 11.6. The molecule has 0 aliphatic rings. The van der Waals surface area contributed by atoms with Gasteiger partial charge in [0, 0.05) is 11.9 Å². The molecule has 0 fully saturated rings. The number of hydrogen-bond acceptors (Lipinski definition) is 2. The van der Waals surface area contributed by atoms with Crippen LogP contribution < -0.4 is 10.6 Å². The largest absolute Gasteiger partial charge is 0.332 e. The fraction of sp³-hybridized carbons (Fsp3) is 0.250. The van der Waals surface area contributed by atoms with Crippen LogP contribution in [0.3, 0.4) is 0 Å². The third-order valence-corrected chi connectivity index (χ3v) is 3.14. The summed E-state index contributed by atoms with van der Waals surface area (Å²) in [6, 6.07) is 14.1. The van der Waals surface area contributed by atoms with Gasteiger partial charge in [-0.3, -0.25) is 0 Å². The number of thiocarbonyl (C=S) groups is 1. The molecule has 0 bridgehead atoms. The third kappa shape index (κ3) is 4.63. The second kappa shape index (κ2) is 7.60. The third-order valence-electron chi connectivity index (χ3n) is 2.94. The van der Waals surface area contributed by atoms with Gasteiger partial charge < -0.3 is 10.6 Å². The zero-order valence-corrected chi connectivity index (χ0v) is 12.4. The quantitative estimate of drug-likeness (QED) is 0.806. The summed E-state index contributed by atoms with van der Waals surface area (Å²) in [4.78, 5) is 4.17. The number of rotatable bonds is 5. The Kier molecular flexibility index (Phi) is 5.50. The van der Waals surface area contributed by atoms with E-state index >= 15 is 0 Å². The number of aromatic nitrogens is 1. The van der Waals surface area contributed by atoms with Crippen molar-refractivity contribution in [3.63, 3.8) is 0 Å². The molecule has 0 aliphatic carbocycles. The van der Waals surface area contributed by atoms with Gasteiger partial charge in [0.25, 0.3) is 0 Å². The zero-order chi connectivity index (χ0) is 14.2. The Balaban J connectivity index is 1.88. The number of aryl methyl sites for hydroxylation is 1. The lowest BCUT2D eigenvalue weighted by atomic mass is 10.1. The molecular weight excluding hydrogens is 266 g/mol. The molecule has 2 rings (SSSR count). The summed E-state index contributed by atoms with van der Waals surface area (Å²) in [5.41, 5.74) is 2.35. The first-order valence-corrected chi connectivity index (χ1v) is 7.26. The fourth-order valence-electron chi connectivity index (χ4n) is 1.85. The Morgan fingerprint density at radius 1 is 1.10 bits per heavy atom. The molecule has 2 N–H and O–H groups in total. The van der Waals surface area contributed by atoms with Crippen LogP contribution in [0, 0.1) is 0 Å². The summed E-state index contributed by atoms with van der Waals surface area (Å²) in [5, 5.41) is 6.75. The van der Waals surface area contributed by atoms with Gasteiger partial charge in [0.15, 0.2) is 5.11 Å². The molecule has 3 nitrogen and oxygen atoms in total. The van der Waals surface area contributed by atoms with Crippen LogP contribution in [0.2, 0.25) is 0 Å². The molecule has 0 saturated carbocycles. The molecule has 0 amide bonds. The SMILES string of the molecule is CCCCc1ccc(NC(=S)Nc2ccccn2)cc1. The average Bonchev–Trinajstić information content (AvgIpc) is 2.47. The van der Waals surface area contributed by atoms with Crippen LogP contribution >= 0.6 is 12.2 Å². The Bertz CT molecular complexity index is 537. The van der Waals surface area contributed by atoms with E-state index in [2.05, 4.69) is 46.8 Å². The Morgan fingerprint density at radius 2 is 1.90 bits per heavy atom. The van der Waals surface area contributed by atoms with Crippen LogP contribution in [0.5, 0.6) is 0 Å². The maximum Gasteiger partial charge on any atom is 0.176 e. The molecule has 0 atom stereocenters. The van der Waals surface area contributed by atoms with Crippen LogP contribution in [0.25, 0.3) is 0 Å². The minimum Gasteiger partial charge on any atom is -0.332 e. The van der Waals surface area contributed by atoms with E-state index < -0.39 is 0 Å². The Morgan fingerprint density at radius 3 is 2.55 bits per heavy atom. The number of pyridine rings is 1. The molecule has 1 aromatic carbocycles. The van der Waals surface area contributed by atoms with Crippen molar-refractivity contribution in [2.45, 2.75) is 26.2 Å². The van der Waals surface area contributed by atoms with Crippen LogP contribution in [-0.4, -0.2) is 10.1 Å². The first-order chi connectivity index (χ1) is 9.78. The predicted octanol–water partition coefficient (Wildman–Crippen LogP) is 4.23. The van der Waals surface area contributed by atoms with Gasteiger partial charge in [-0.15, -0.1) is 0 Å². The Hall–Kier alpha value is -1.94. The summed E-state index contributed by atoms with van der Waals surface area (Å²) in [7, 11) is 0. The van der Waals surface area contributed by atoms with Crippen LogP contribution in [-0.2, 0) is 6.42 Å². The van der Waals surface area contributed by atoms with Crippen molar-refractivity contribution in [3.8, 4) is 0 Å². The molecule has 2 aromatic rings. The number of benzene rings is 1. The maximum absolute atomic E-state index is 5.26. The molecule has 0 saturated heterocycles. The van der Waals surface area contributed by atoms with E-state index in [1.807, 2.05) is 18.2 Å². The topological polar surface area (TPSA) is 37.0 Å². The lowest BCUT2D eigenvalue weighted by Gasteiger charge is -2.10. The summed E-state index contributed by atoms with van der Waals surface area (Å²) in [6.45, 7) is 2.21. The van der Waals surface area contributed by atoms with E-state index in [0.717, 1.165) is 17.9 Å². The predicted molar refractivity (Wildman–Crippen MR) is 89.1 cm³/mol. The molecule has 0 radical (unpaired) electrons. The molecule has 20 heavy (non-hydrogen) atoms. The normalized spacial score (nSPS) is 10.1. The molecule has 0 aliphatic heterocycles. The molecule has 0 unspecified atom stereocenters. The van der Waals surface area contributed by atoms with Gasteiger partial charge in [-0.25, -0.2) is 4.98 Å². The maximum atomic E-state index is 5.26. The highest BCUT2D eigenvalue weighted by molar-refractivity contribution is 7.80. The van der Waals surface area contributed by atoms with E-state index in [-0.39, 0.29) is 0 Å². The summed E-state index contributed by atoms with van der Waals surface area (Å²) < 4.78 is 0. The first-order valence-electron chi connectivity index (χ1n) is 6.86. The van der Waals surface area contributed by atoms with Crippen molar-refractivity contribution in [3.05, 3.63) is 54.2 Å². The number of nitrogens with one attached hydrogen (secondary N) is 2. The molecule has 1 aromatic heterocycles. The minimum atomic E-state index is 0.546. The lowest BCUT2D eigenvalue weighted by molar-refractivity contribution is 0.795. The molecule has 1 heterocycles. The number of unbranched alkanes of at least 4 members (excludes halogenated alkanes) is 1. The molecule has 4 heteroatoms. The Labute approximate surface area is 125 Å². The number of anilines is 2. The number of hydrogen-bond donors (Lipinski definition) is 2. The van der Waals surface area contributed by atoms with Gasteiger partial charge in [0.1, 0.15) is 5.82 Å². The second-order valence-electron chi connectivity index (χ2n) is 4.59. The molecule has 0 spiro atoms. The van der Waals surface area contributed by atoms with Gasteiger partial charge in [-0.05, 0) is 54.9 Å². The molecule has 104 valence electrons. The fourth-order valence-corrected chi connectivity index (χ4v) is 2.07. The van der Waals surface area contributed by atoms with Crippen molar-refractivity contribution in [1.29, 1.82) is 0 Å². The van der Waals surface area contributed by atoms with Crippen molar-refractivity contribution in [2.24, 2.45) is 0 Å². The highest BCUT2D eigenvalue weighted by Crippen LogP contribution is 2.12. The van der Waals surface area contributed by atoms with Crippen molar-refractivity contribution in [1.82, 2.24) is 4.98 Å². The van der Waals surface area contributed by atoms with E-state index in [4.69, 9.17) is 12.2 Å². The minimum absolute atomic E-state index is 0.546. The smallest absolute Gasteiger partial charge is 0.176 e. The van der Waals surface area contributed by atoms with E-state index in [1.165, 1.54) is 18.4 Å². The standard InChI is InChI=1S/C16H19N3S/c1-2-3-6-13-8-10-14(11-9-13)18-16(20)19-15-7-4-5-12-17-15/h4-5,7-12H,2-3,6H2,1H3,(H2,17,18,19,20). The summed E-state index contributed by atoms with van der Waals surface area (Å²) in [6.07, 6.45) is 5.31. The van der Waals surface area contributed by atoms with Crippen LogP contribution in [0.15, 0.2) is 48.7 Å². The van der Waals surface area contributed by atoms with E-state index in [1.54, 1.807) is 6.20 Å². The van der Waals surface area contributed by atoms with Crippen molar-refractivity contribution >= 4 is 28.8 Å². The highest BCUT2D eigenvalue weighted by Gasteiger charge is 1.99. The van der Waals surface area contributed by atoms with Gasteiger partial charge in [0.05, 0.1) is 0 Å². The second-order valence-corrected chi connectivity index (χ2v) is 5.00. The highest BCUT2D eigenvalue weighted by atomic mass is 32.1. The number of nitrogens with zero attached hydrogens (tertiary/aromatic N) is 1. The first kappa shape index (κ1) is 14.5. The van der Waals surface area contributed by atoms with Gasteiger partial charge in [-0.1, -0.05) is 31.5 Å². The van der Waals surface area contributed by atoms with Crippen LogP contribution in [0.4, 0.5) is 11.5 Å². The van der Waals surface area contributed by atoms with Crippen LogP contribution in [0.1, 0.15) is 25.3 Å². The van der Waals surface area contributed by atoms with Crippen molar-refractivity contribution in [2.75, 3.05) is 10.6 Å². The summed E-state index contributed by atoms with van der Waals surface area (Å²) >= 11 is 5.26. The lowest BCUT2D eigenvalue weighted by Crippen LogP contribution is -2.19. The van der Waals surface area contributed by atoms with Gasteiger partial charge in [-0.2, -0.15) is 0 Å². The van der Waals surface area contributed by atoms with Gasteiger partial charge in [0.2, 0.25) is 0 Å². The molecular formula is C16H19N3S. The monoisotopic (exact) mass is 285 g/mol. The summed E-state index contributed by atoms with van der Waals surface area (Å²) in [5.74, 6) is 0.740. The van der Waals surface area contributed by atoms with E-state index in [9.17, 15) is 0 Å². The average molecular weight is 285 g/mol.